The predicted molar refractivity (Wildman–Crippen MR) is 99.6 cm³/mol. The average Bonchev–Trinajstić information content (AvgIpc) is 3.08. The fourth-order valence-corrected chi connectivity index (χ4v) is 2.97. The topological polar surface area (TPSA) is 41.9 Å². The van der Waals surface area contributed by atoms with Gasteiger partial charge < -0.3 is 9.74 Å². The van der Waals surface area contributed by atoms with E-state index in [0.29, 0.717) is 24.2 Å². The minimum atomic E-state index is -0.336. The van der Waals surface area contributed by atoms with Crippen molar-refractivity contribution in [2.75, 3.05) is 13.6 Å². The number of hydrogen-bond donors (Lipinski definition) is 0. The van der Waals surface area contributed by atoms with E-state index in [1.165, 1.54) is 11.6 Å². The van der Waals surface area contributed by atoms with Crippen LogP contribution >= 0.6 is 0 Å². The fraction of sp³-hybridized carbons (Fsp3) is 0.333. The van der Waals surface area contributed by atoms with Gasteiger partial charge in [-0.3, -0.25) is 4.79 Å². The lowest BCUT2D eigenvalue weighted by Crippen LogP contribution is -2.31. The maximum Gasteiger partial charge on any atom is 0.226 e. The number of likely N-dealkylation sites (N-methyl/N-ethyl adjacent to an activating group) is 1. The minimum absolute atomic E-state index is 0.00626. The van der Waals surface area contributed by atoms with Crippen molar-refractivity contribution >= 4 is 11.6 Å². The van der Waals surface area contributed by atoms with E-state index in [1.54, 1.807) is 18.0 Å². The SMILES string of the molecule is Cc1ccc(C2=NOC(CC(=O)N(C)CCc3ccccc3)C2)c(F)c1. The van der Waals surface area contributed by atoms with Crippen molar-refractivity contribution in [3.8, 4) is 0 Å². The van der Waals surface area contributed by atoms with Crippen molar-refractivity contribution in [2.24, 2.45) is 5.16 Å². The Labute approximate surface area is 153 Å². The van der Waals surface area contributed by atoms with Crippen LogP contribution in [-0.2, 0) is 16.1 Å². The van der Waals surface area contributed by atoms with Gasteiger partial charge >= 0.3 is 0 Å². The number of carbonyl (C=O) groups is 1. The second-order valence-electron chi connectivity index (χ2n) is 6.71. The Morgan fingerprint density at radius 1 is 1.27 bits per heavy atom. The Morgan fingerprint density at radius 2 is 2.04 bits per heavy atom. The van der Waals surface area contributed by atoms with Gasteiger partial charge in [-0.1, -0.05) is 41.6 Å². The standard InChI is InChI=1S/C21H23FN2O2/c1-15-8-9-18(19(22)12-15)20-13-17(26-23-20)14-21(25)24(2)11-10-16-6-4-3-5-7-16/h3-9,12,17H,10-11,13-14H2,1-2H3. The molecule has 1 unspecified atom stereocenters. The van der Waals surface area contributed by atoms with Gasteiger partial charge in [0, 0.05) is 25.6 Å². The number of nitrogens with zero attached hydrogens (tertiary/aromatic N) is 2. The molecule has 3 rings (SSSR count). The van der Waals surface area contributed by atoms with E-state index in [4.69, 9.17) is 4.84 Å². The number of rotatable bonds is 6. The van der Waals surface area contributed by atoms with Crippen molar-refractivity contribution < 1.29 is 14.0 Å². The molecule has 0 saturated carbocycles. The Hall–Kier alpha value is -2.69. The lowest BCUT2D eigenvalue weighted by molar-refractivity contribution is -0.132. The Kier molecular flexibility index (Phi) is 5.66. The Bertz CT molecular complexity index is 805. The van der Waals surface area contributed by atoms with Crippen LogP contribution in [0.15, 0.2) is 53.7 Å². The molecular weight excluding hydrogens is 331 g/mol. The van der Waals surface area contributed by atoms with E-state index in [-0.39, 0.29) is 24.2 Å². The molecule has 0 spiro atoms. The van der Waals surface area contributed by atoms with Crippen LogP contribution in [0.5, 0.6) is 0 Å². The Morgan fingerprint density at radius 3 is 2.77 bits per heavy atom. The molecule has 0 radical (unpaired) electrons. The highest BCUT2D eigenvalue weighted by molar-refractivity contribution is 6.01. The van der Waals surface area contributed by atoms with E-state index in [0.717, 1.165) is 12.0 Å². The third-order valence-corrected chi connectivity index (χ3v) is 4.58. The third kappa shape index (κ3) is 4.48. The van der Waals surface area contributed by atoms with Crippen LogP contribution in [0.1, 0.15) is 29.5 Å². The molecule has 4 nitrogen and oxygen atoms in total. The van der Waals surface area contributed by atoms with E-state index in [2.05, 4.69) is 17.3 Å². The normalized spacial score (nSPS) is 16.1. The molecule has 1 heterocycles. The molecule has 1 aliphatic heterocycles. The first kappa shape index (κ1) is 18.1. The van der Waals surface area contributed by atoms with Crippen LogP contribution in [0, 0.1) is 12.7 Å². The summed E-state index contributed by atoms with van der Waals surface area (Å²) in [5.41, 5.74) is 3.07. The second kappa shape index (κ2) is 8.13. The van der Waals surface area contributed by atoms with Gasteiger partial charge in [0.25, 0.3) is 0 Å². The first-order valence-corrected chi connectivity index (χ1v) is 8.80. The molecule has 0 N–H and O–H groups in total. The van der Waals surface area contributed by atoms with E-state index < -0.39 is 0 Å². The molecule has 1 amide bonds. The first-order valence-electron chi connectivity index (χ1n) is 8.80. The van der Waals surface area contributed by atoms with Gasteiger partial charge in [0.1, 0.15) is 11.9 Å². The summed E-state index contributed by atoms with van der Waals surface area (Å²) in [6.07, 6.45) is 1.16. The van der Waals surface area contributed by atoms with Gasteiger partial charge in [0.2, 0.25) is 5.91 Å². The predicted octanol–water partition coefficient (Wildman–Crippen LogP) is 3.72. The monoisotopic (exact) mass is 354 g/mol. The van der Waals surface area contributed by atoms with Gasteiger partial charge in [0.15, 0.2) is 0 Å². The summed E-state index contributed by atoms with van der Waals surface area (Å²) in [7, 11) is 1.79. The van der Waals surface area contributed by atoms with Crippen molar-refractivity contribution in [1.82, 2.24) is 4.90 Å². The van der Waals surface area contributed by atoms with Crippen LogP contribution in [0.3, 0.4) is 0 Å². The van der Waals surface area contributed by atoms with E-state index in [1.807, 2.05) is 31.2 Å². The van der Waals surface area contributed by atoms with E-state index in [9.17, 15) is 9.18 Å². The highest BCUT2D eigenvalue weighted by atomic mass is 19.1. The van der Waals surface area contributed by atoms with Crippen LogP contribution in [0.2, 0.25) is 0 Å². The van der Waals surface area contributed by atoms with Gasteiger partial charge in [-0.05, 0) is 36.6 Å². The van der Waals surface area contributed by atoms with Gasteiger partial charge in [-0.15, -0.1) is 0 Å². The maximum atomic E-state index is 14.1. The largest absolute Gasteiger partial charge is 0.391 e. The van der Waals surface area contributed by atoms with Gasteiger partial charge in [-0.25, -0.2) is 4.39 Å². The highest BCUT2D eigenvalue weighted by Crippen LogP contribution is 2.22. The first-order chi connectivity index (χ1) is 12.5. The van der Waals surface area contributed by atoms with Crippen LogP contribution < -0.4 is 0 Å². The molecule has 136 valence electrons. The molecule has 2 aromatic rings. The molecule has 0 aliphatic carbocycles. The molecule has 26 heavy (non-hydrogen) atoms. The fourth-order valence-electron chi connectivity index (χ4n) is 2.97. The van der Waals surface area contributed by atoms with Crippen molar-refractivity contribution in [3.63, 3.8) is 0 Å². The molecule has 1 aliphatic rings. The molecule has 0 saturated heterocycles. The quantitative estimate of drug-likeness (QED) is 0.793. The molecule has 0 aromatic heterocycles. The average molecular weight is 354 g/mol. The zero-order valence-corrected chi connectivity index (χ0v) is 15.1. The Balaban J connectivity index is 1.50. The van der Waals surface area contributed by atoms with Gasteiger partial charge in [-0.2, -0.15) is 0 Å². The number of benzene rings is 2. The summed E-state index contributed by atoms with van der Waals surface area (Å²) in [5, 5.41) is 3.99. The molecule has 0 fully saturated rings. The summed E-state index contributed by atoms with van der Waals surface area (Å²) < 4.78 is 14.1. The third-order valence-electron chi connectivity index (χ3n) is 4.58. The van der Waals surface area contributed by atoms with E-state index >= 15 is 0 Å². The lowest BCUT2D eigenvalue weighted by Gasteiger charge is -2.18. The lowest BCUT2D eigenvalue weighted by atomic mass is 10.0. The molecule has 0 bridgehead atoms. The summed E-state index contributed by atoms with van der Waals surface area (Å²) >= 11 is 0. The molecule has 2 aromatic carbocycles. The summed E-state index contributed by atoms with van der Waals surface area (Å²) in [6, 6.07) is 15.1. The molecule has 5 heteroatoms. The van der Waals surface area contributed by atoms with Crippen LogP contribution in [0.25, 0.3) is 0 Å². The molecular formula is C21H23FN2O2. The van der Waals surface area contributed by atoms with Crippen LogP contribution in [-0.4, -0.2) is 36.2 Å². The highest BCUT2D eigenvalue weighted by Gasteiger charge is 2.27. The number of halogens is 1. The van der Waals surface area contributed by atoms with Crippen molar-refractivity contribution in [3.05, 3.63) is 71.0 Å². The number of oxime groups is 1. The minimum Gasteiger partial charge on any atom is -0.391 e. The molecule has 1 atom stereocenters. The summed E-state index contributed by atoms with van der Waals surface area (Å²) in [4.78, 5) is 19.5. The zero-order chi connectivity index (χ0) is 18.5. The smallest absolute Gasteiger partial charge is 0.226 e. The number of carbonyl (C=O) groups excluding carboxylic acids is 1. The second-order valence-corrected chi connectivity index (χ2v) is 6.71. The van der Waals surface area contributed by atoms with Crippen molar-refractivity contribution in [2.45, 2.75) is 32.3 Å². The maximum absolute atomic E-state index is 14.1. The van der Waals surface area contributed by atoms with Crippen LogP contribution in [0.4, 0.5) is 4.39 Å². The van der Waals surface area contributed by atoms with Crippen molar-refractivity contribution in [1.29, 1.82) is 0 Å². The number of aryl methyl sites for hydroxylation is 1. The summed E-state index contributed by atoms with van der Waals surface area (Å²) in [6.45, 7) is 2.49. The number of hydrogen-bond acceptors (Lipinski definition) is 3. The number of amides is 1. The van der Waals surface area contributed by atoms with Gasteiger partial charge in [0.05, 0.1) is 12.1 Å². The zero-order valence-electron chi connectivity index (χ0n) is 15.1. The summed E-state index contributed by atoms with van der Waals surface area (Å²) in [5.74, 6) is -0.300.